The molecule has 0 radical (unpaired) electrons. The van der Waals surface area contributed by atoms with Crippen LogP contribution in [0, 0.1) is 0 Å². The molecule has 0 aliphatic carbocycles. The molecule has 4 nitrogen and oxygen atoms in total. The molecule has 0 saturated heterocycles. The second-order valence-electron chi connectivity index (χ2n) is 2.85. The van der Waals surface area contributed by atoms with E-state index >= 15 is 0 Å². The van der Waals surface area contributed by atoms with Crippen LogP contribution < -0.4 is 5.73 Å². The highest BCUT2D eigenvalue weighted by Crippen LogP contribution is 2.37. The number of nitrogens with zero attached hydrogens (tertiary/aromatic N) is 1. The molecule has 0 amide bonds. The van der Waals surface area contributed by atoms with E-state index in [-0.39, 0.29) is 5.69 Å². The van der Waals surface area contributed by atoms with Gasteiger partial charge in [0.05, 0.1) is 12.0 Å². The van der Waals surface area contributed by atoms with Crippen LogP contribution in [0.4, 0.5) is 5.13 Å². The van der Waals surface area contributed by atoms with Crippen molar-refractivity contribution < 1.29 is 9.53 Å². The highest BCUT2D eigenvalue weighted by Gasteiger charge is 2.20. The Morgan fingerprint density at radius 2 is 2.38 bits per heavy atom. The van der Waals surface area contributed by atoms with Crippen LogP contribution in [-0.4, -0.2) is 18.1 Å². The molecule has 2 aromatic heterocycles. The second kappa shape index (κ2) is 4.52. The van der Waals surface area contributed by atoms with E-state index in [0.29, 0.717) is 5.13 Å². The molecule has 16 heavy (non-hydrogen) atoms. The lowest BCUT2D eigenvalue weighted by Crippen LogP contribution is -2.03. The standard InChI is InChI=1S/C9H7BrN2O2S2/c1-14-8(13)6-7(16-9(11)12-6)5-2-4(10)3-15-5/h2-3H,1H3,(H2,11,12). The Labute approximate surface area is 108 Å². The van der Waals surface area contributed by atoms with Crippen LogP contribution in [0.3, 0.4) is 0 Å². The molecule has 84 valence electrons. The normalized spacial score (nSPS) is 10.4. The van der Waals surface area contributed by atoms with Crippen molar-refractivity contribution >= 4 is 49.7 Å². The number of thiophene rings is 1. The molecule has 2 N–H and O–H groups in total. The van der Waals surface area contributed by atoms with Gasteiger partial charge in [-0.2, -0.15) is 0 Å². The first-order valence-corrected chi connectivity index (χ1v) is 6.69. The van der Waals surface area contributed by atoms with Crippen molar-refractivity contribution in [2.45, 2.75) is 0 Å². The molecule has 2 rings (SSSR count). The fourth-order valence-corrected chi connectivity index (χ4v) is 3.54. The van der Waals surface area contributed by atoms with Crippen molar-refractivity contribution in [3.05, 3.63) is 21.6 Å². The average Bonchev–Trinajstić information content (AvgIpc) is 2.83. The number of nitrogen functional groups attached to an aromatic ring is 1. The molecule has 2 aromatic rings. The minimum atomic E-state index is -0.465. The van der Waals surface area contributed by atoms with Gasteiger partial charge in [0, 0.05) is 14.7 Å². The molecular formula is C9H7BrN2O2S2. The van der Waals surface area contributed by atoms with E-state index in [1.54, 1.807) is 0 Å². The molecule has 0 unspecified atom stereocenters. The number of hydrogen-bond acceptors (Lipinski definition) is 6. The van der Waals surface area contributed by atoms with E-state index in [2.05, 4.69) is 25.7 Å². The largest absolute Gasteiger partial charge is 0.464 e. The van der Waals surface area contributed by atoms with E-state index in [1.165, 1.54) is 29.8 Å². The van der Waals surface area contributed by atoms with Gasteiger partial charge in [0.25, 0.3) is 0 Å². The Balaban J connectivity index is 2.52. The molecule has 0 aromatic carbocycles. The van der Waals surface area contributed by atoms with E-state index in [1.807, 2.05) is 11.4 Å². The van der Waals surface area contributed by atoms with Gasteiger partial charge >= 0.3 is 5.97 Å². The van der Waals surface area contributed by atoms with Crippen LogP contribution in [0.2, 0.25) is 0 Å². The summed E-state index contributed by atoms with van der Waals surface area (Å²) >= 11 is 6.16. The maximum Gasteiger partial charge on any atom is 0.358 e. The van der Waals surface area contributed by atoms with Gasteiger partial charge in [-0.25, -0.2) is 9.78 Å². The molecule has 0 atom stereocenters. The molecular weight excluding hydrogens is 312 g/mol. The molecule has 7 heteroatoms. The van der Waals surface area contributed by atoms with Crippen LogP contribution >= 0.6 is 38.6 Å². The lowest BCUT2D eigenvalue weighted by molar-refractivity contribution is 0.0596. The van der Waals surface area contributed by atoms with Gasteiger partial charge < -0.3 is 10.5 Å². The van der Waals surface area contributed by atoms with E-state index < -0.39 is 5.97 Å². The average molecular weight is 319 g/mol. The van der Waals surface area contributed by atoms with Crippen molar-refractivity contribution in [3.63, 3.8) is 0 Å². The topological polar surface area (TPSA) is 65.2 Å². The summed E-state index contributed by atoms with van der Waals surface area (Å²) in [4.78, 5) is 17.2. The number of aromatic nitrogens is 1. The van der Waals surface area contributed by atoms with Gasteiger partial charge in [0.2, 0.25) is 0 Å². The number of esters is 1. The third kappa shape index (κ3) is 2.11. The van der Waals surface area contributed by atoms with Crippen molar-refractivity contribution in [1.29, 1.82) is 0 Å². The number of nitrogens with two attached hydrogens (primary N) is 1. The van der Waals surface area contributed by atoms with Crippen LogP contribution in [0.1, 0.15) is 10.5 Å². The van der Waals surface area contributed by atoms with E-state index in [4.69, 9.17) is 5.73 Å². The third-order valence-corrected chi connectivity index (χ3v) is 4.57. The fourth-order valence-electron chi connectivity index (χ4n) is 1.17. The third-order valence-electron chi connectivity index (χ3n) is 1.81. The molecule has 0 spiro atoms. The molecule has 0 fully saturated rings. The van der Waals surface area contributed by atoms with Gasteiger partial charge in [-0.1, -0.05) is 11.3 Å². The quantitative estimate of drug-likeness (QED) is 0.864. The highest BCUT2D eigenvalue weighted by atomic mass is 79.9. The first kappa shape index (κ1) is 11.6. The van der Waals surface area contributed by atoms with Crippen molar-refractivity contribution in [1.82, 2.24) is 4.98 Å². The Hall–Kier alpha value is -0.920. The van der Waals surface area contributed by atoms with Crippen molar-refractivity contribution in [3.8, 4) is 9.75 Å². The number of methoxy groups -OCH3 is 1. The molecule has 2 heterocycles. The van der Waals surface area contributed by atoms with Gasteiger partial charge in [0.15, 0.2) is 10.8 Å². The predicted octanol–water partition coefficient (Wildman–Crippen LogP) is 3.00. The zero-order chi connectivity index (χ0) is 11.7. The Morgan fingerprint density at radius 1 is 1.62 bits per heavy atom. The van der Waals surface area contributed by atoms with Crippen molar-refractivity contribution in [2.24, 2.45) is 0 Å². The second-order valence-corrected chi connectivity index (χ2v) is 5.71. The molecule has 0 aliphatic heterocycles. The minimum absolute atomic E-state index is 0.277. The van der Waals surface area contributed by atoms with Gasteiger partial charge in [-0.05, 0) is 22.0 Å². The van der Waals surface area contributed by atoms with E-state index in [9.17, 15) is 4.79 Å². The number of carbonyl (C=O) groups is 1. The first-order chi connectivity index (χ1) is 7.61. The highest BCUT2D eigenvalue weighted by molar-refractivity contribution is 9.10. The van der Waals surface area contributed by atoms with Crippen LogP contribution in [0.25, 0.3) is 9.75 Å². The maximum atomic E-state index is 11.5. The predicted molar refractivity (Wildman–Crippen MR) is 68.9 cm³/mol. The van der Waals surface area contributed by atoms with Crippen LogP contribution in [0.15, 0.2) is 15.9 Å². The lowest BCUT2D eigenvalue weighted by Gasteiger charge is -1.96. The summed E-state index contributed by atoms with van der Waals surface area (Å²) in [5.74, 6) is -0.465. The van der Waals surface area contributed by atoms with Gasteiger partial charge in [-0.15, -0.1) is 11.3 Å². The summed E-state index contributed by atoms with van der Waals surface area (Å²) in [5.41, 5.74) is 5.89. The fraction of sp³-hybridized carbons (Fsp3) is 0.111. The maximum absolute atomic E-state index is 11.5. The van der Waals surface area contributed by atoms with Crippen LogP contribution in [-0.2, 0) is 4.74 Å². The lowest BCUT2D eigenvalue weighted by atomic mass is 10.3. The first-order valence-electron chi connectivity index (χ1n) is 4.21. The zero-order valence-electron chi connectivity index (χ0n) is 8.19. The summed E-state index contributed by atoms with van der Waals surface area (Å²) in [5, 5.41) is 2.30. The summed E-state index contributed by atoms with van der Waals surface area (Å²) in [7, 11) is 1.33. The molecule has 0 bridgehead atoms. The summed E-state index contributed by atoms with van der Waals surface area (Å²) in [6.45, 7) is 0. The van der Waals surface area contributed by atoms with E-state index in [0.717, 1.165) is 14.2 Å². The number of anilines is 1. The number of hydrogen-bond donors (Lipinski definition) is 1. The van der Waals surface area contributed by atoms with Crippen molar-refractivity contribution in [2.75, 3.05) is 12.8 Å². The number of halogens is 1. The number of rotatable bonds is 2. The molecule has 0 aliphatic rings. The zero-order valence-corrected chi connectivity index (χ0v) is 11.4. The number of ether oxygens (including phenoxy) is 1. The summed E-state index contributed by atoms with van der Waals surface area (Å²) in [6, 6.07) is 1.92. The number of thiazole rings is 1. The molecule has 0 saturated carbocycles. The Morgan fingerprint density at radius 3 is 2.94 bits per heavy atom. The SMILES string of the molecule is COC(=O)c1nc(N)sc1-c1cc(Br)cs1. The summed E-state index contributed by atoms with van der Waals surface area (Å²) in [6.07, 6.45) is 0. The van der Waals surface area contributed by atoms with Crippen LogP contribution in [0.5, 0.6) is 0 Å². The smallest absolute Gasteiger partial charge is 0.358 e. The minimum Gasteiger partial charge on any atom is -0.464 e. The summed E-state index contributed by atoms with van der Waals surface area (Å²) < 4.78 is 5.63. The monoisotopic (exact) mass is 318 g/mol. The number of carbonyl (C=O) groups excluding carboxylic acids is 1. The van der Waals surface area contributed by atoms with Gasteiger partial charge in [0.1, 0.15) is 0 Å². The van der Waals surface area contributed by atoms with Gasteiger partial charge in [-0.3, -0.25) is 0 Å². The Bertz CT molecular complexity index is 535. The Kier molecular flexibility index (Phi) is 3.27.